The third-order valence-electron chi connectivity index (χ3n) is 4.30. The maximum absolute atomic E-state index is 4.22. The summed E-state index contributed by atoms with van der Waals surface area (Å²) in [6.07, 6.45) is 8.09. The Morgan fingerprint density at radius 3 is 2.12 bits per heavy atom. The molecular formula is C15H30N2. The fourth-order valence-corrected chi connectivity index (χ4v) is 3.36. The average Bonchev–Trinajstić information content (AvgIpc) is 2.51. The first-order valence-electron chi connectivity index (χ1n) is 7.11. The van der Waals surface area contributed by atoms with E-state index in [9.17, 15) is 0 Å². The molecule has 1 aliphatic rings. The lowest BCUT2D eigenvalue weighted by atomic mass is 9.78. The highest BCUT2D eigenvalue weighted by atomic mass is 15.2. The number of hydrogen-bond donors (Lipinski definition) is 1. The summed E-state index contributed by atoms with van der Waals surface area (Å²) in [6, 6.07) is 0.431. The highest BCUT2D eigenvalue weighted by Crippen LogP contribution is 2.36. The number of likely N-dealkylation sites (N-methyl/N-ethyl adjacent to an activating group) is 2. The Balaban J connectivity index is 2.97. The van der Waals surface area contributed by atoms with Crippen molar-refractivity contribution in [2.75, 3.05) is 20.6 Å². The van der Waals surface area contributed by atoms with Crippen LogP contribution < -0.4 is 5.32 Å². The van der Waals surface area contributed by atoms with E-state index in [0.717, 1.165) is 6.54 Å². The maximum Gasteiger partial charge on any atom is 0.0460 e. The molecule has 1 unspecified atom stereocenters. The van der Waals surface area contributed by atoms with E-state index in [-0.39, 0.29) is 5.54 Å². The molecule has 17 heavy (non-hydrogen) atoms. The van der Waals surface area contributed by atoms with Gasteiger partial charge in [-0.15, -0.1) is 0 Å². The highest BCUT2D eigenvalue weighted by molar-refractivity contribution is 5.15. The maximum atomic E-state index is 4.22. The lowest BCUT2D eigenvalue weighted by molar-refractivity contribution is 0.0953. The molecule has 0 spiro atoms. The Labute approximate surface area is 107 Å². The summed E-state index contributed by atoms with van der Waals surface area (Å²) in [7, 11) is 4.47. The van der Waals surface area contributed by atoms with Gasteiger partial charge in [0.15, 0.2) is 0 Å². The van der Waals surface area contributed by atoms with Gasteiger partial charge in [-0.3, -0.25) is 0 Å². The summed E-state index contributed by atoms with van der Waals surface area (Å²) in [6.45, 7) is 9.60. The highest BCUT2D eigenvalue weighted by Gasteiger charge is 2.40. The van der Waals surface area contributed by atoms with Crippen molar-refractivity contribution in [3.8, 4) is 0 Å². The van der Waals surface area contributed by atoms with Gasteiger partial charge in [0, 0.05) is 11.6 Å². The summed E-state index contributed by atoms with van der Waals surface area (Å²) in [5, 5.41) is 3.66. The molecule has 1 aliphatic carbocycles. The van der Waals surface area contributed by atoms with E-state index in [1.54, 1.807) is 0 Å². The predicted molar refractivity (Wildman–Crippen MR) is 76.4 cm³/mol. The molecule has 0 heterocycles. The van der Waals surface area contributed by atoms with E-state index in [1.165, 1.54) is 44.1 Å². The van der Waals surface area contributed by atoms with Crippen molar-refractivity contribution in [3.05, 3.63) is 12.2 Å². The van der Waals surface area contributed by atoms with Gasteiger partial charge in [-0.1, -0.05) is 44.8 Å². The van der Waals surface area contributed by atoms with Crippen molar-refractivity contribution >= 4 is 0 Å². The second-order valence-corrected chi connectivity index (χ2v) is 5.75. The molecule has 0 aromatic rings. The van der Waals surface area contributed by atoms with E-state index >= 15 is 0 Å². The Bertz CT molecular complexity index is 237. The zero-order valence-electron chi connectivity index (χ0n) is 12.2. The molecule has 0 radical (unpaired) electrons. The Kier molecular flexibility index (Phi) is 5.68. The standard InChI is InChI=1S/C15H30N2/c1-6-16-14(13(2)3)15(17(4)5)11-9-7-8-10-12-15/h14,16H,2,6-12H2,1,3-5H3. The van der Waals surface area contributed by atoms with Gasteiger partial charge in [0.05, 0.1) is 0 Å². The molecule has 0 saturated heterocycles. The summed E-state index contributed by atoms with van der Waals surface area (Å²) in [4.78, 5) is 2.44. The summed E-state index contributed by atoms with van der Waals surface area (Å²) < 4.78 is 0. The number of hydrogen-bond acceptors (Lipinski definition) is 2. The number of nitrogens with zero attached hydrogens (tertiary/aromatic N) is 1. The molecule has 2 nitrogen and oxygen atoms in total. The molecule has 0 aromatic heterocycles. The lowest BCUT2D eigenvalue weighted by Gasteiger charge is -2.46. The smallest absolute Gasteiger partial charge is 0.0460 e. The summed E-state index contributed by atoms with van der Waals surface area (Å²) in [5.74, 6) is 0. The van der Waals surface area contributed by atoms with Gasteiger partial charge in [0.25, 0.3) is 0 Å². The topological polar surface area (TPSA) is 15.3 Å². The van der Waals surface area contributed by atoms with Crippen molar-refractivity contribution in [2.24, 2.45) is 0 Å². The van der Waals surface area contributed by atoms with Crippen LogP contribution in [0, 0.1) is 0 Å². The molecule has 0 aliphatic heterocycles. The minimum absolute atomic E-state index is 0.276. The molecule has 1 fully saturated rings. The van der Waals surface area contributed by atoms with Crippen LogP contribution in [0.25, 0.3) is 0 Å². The van der Waals surface area contributed by atoms with Crippen LogP contribution in [-0.2, 0) is 0 Å². The molecule has 1 saturated carbocycles. The second kappa shape index (κ2) is 6.55. The zero-order chi connectivity index (χ0) is 12.9. The fourth-order valence-electron chi connectivity index (χ4n) is 3.36. The van der Waals surface area contributed by atoms with Crippen LogP contribution in [0.2, 0.25) is 0 Å². The minimum atomic E-state index is 0.276. The van der Waals surface area contributed by atoms with Gasteiger partial charge in [-0.25, -0.2) is 0 Å². The van der Waals surface area contributed by atoms with Gasteiger partial charge >= 0.3 is 0 Å². The third kappa shape index (κ3) is 3.32. The van der Waals surface area contributed by atoms with E-state index in [4.69, 9.17) is 0 Å². The minimum Gasteiger partial charge on any atom is -0.309 e. The van der Waals surface area contributed by atoms with Crippen LogP contribution in [0.5, 0.6) is 0 Å². The zero-order valence-corrected chi connectivity index (χ0v) is 12.2. The van der Waals surface area contributed by atoms with E-state index < -0.39 is 0 Å². The van der Waals surface area contributed by atoms with E-state index in [1.807, 2.05) is 0 Å². The van der Waals surface area contributed by atoms with Crippen LogP contribution in [0.15, 0.2) is 12.2 Å². The Hall–Kier alpha value is -0.340. The molecule has 1 N–H and O–H groups in total. The van der Waals surface area contributed by atoms with Gasteiger partial charge < -0.3 is 10.2 Å². The first kappa shape index (κ1) is 14.7. The van der Waals surface area contributed by atoms with Gasteiger partial charge in [0.2, 0.25) is 0 Å². The van der Waals surface area contributed by atoms with Crippen LogP contribution in [0.4, 0.5) is 0 Å². The van der Waals surface area contributed by atoms with Crippen molar-refractivity contribution < 1.29 is 0 Å². The molecule has 0 amide bonds. The summed E-state index contributed by atoms with van der Waals surface area (Å²) >= 11 is 0. The molecule has 0 aromatic carbocycles. The van der Waals surface area contributed by atoms with Crippen molar-refractivity contribution in [1.82, 2.24) is 10.2 Å². The number of nitrogens with one attached hydrogen (secondary N) is 1. The molecule has 100 valence electrons. The molecule has 1 rings (SSSR count). The van der Waals surface area contributed by atoms with Crippen molar-refractivity contribution in [3.63, 3.8) is 0 Å². The van der Waals surface area contributed by atoms with Gasteiger partial charge in [-0.05, 0) is 40.4 Å². The largest absolute Gasteiger partial charge is 0.309 e. The van der Waals surface area contributed by atoms with Crippen LogP contribution >= 0.6 is 0 Å². The van der Waals surface area contributed by atoms with Gasteiger partial charge in [0.1, 0.15) is 0 Å². The predicted octanol–water partition coefficient (Wildman–Crippen LogP) is 3.20. The quantitative estimate of drug-likeness (QED) is 0.584. The molecule has 2 heteroatoms. The average molecular weight is 238 g/mol. The SMILES string of the molecule is C=C(C)C(NCC)C1(N(C)C)CCCCCC1. The second-order valence-electron chi connectivity index (χ2n) is 5.75. The molecule has 0 bridgehead atoms. The number of rotatable bonds is 5. The summed E-state index contributed by atoms with van der Waals surface area (Å²) in [5.41, 5.74) is 1.56. The van der Waals surface area contributed by atoms with Crippen molar-refractivity contribution in [1.29, 1.82) is 0 Å². The first-order chi connectivity index (χ1) is 8.04. The Morgan fingerprint density at radius 2 is 1.76 bits per heavy atom. The lowest BCUT2D eigenvalue weighted by Crippen LogP contribution is -2.59. The monoisotopic (exact) mass is 238 g/mol. The van der Waals surface area contributed by atoms with E-state index in [0.29, 0.717) is 6.04 Å². The third-order valence-corrected chi connectivity index (χ3v) is 4.30. The van der Waals surface area contributed by atoms with Crippen molar-refractivity contribution in [2.45, 2.75) is 64.0 Å². The van der Waals surface area contributed by atoms with Gasteiger partial charge in [-0.2, -0.15) is 0 Å². The molecule has 1 atom stereocenters. The first-order valence-corrected chi connectivity index (χ1v) is 7.11. The van der Waals surface area contributed by atoms with Crippen LogP contribution in [0.1, 0.15) is 52.4 Å². The van der Waals surface area contributed by atoms with Crippen LogP contribution in [0.3, 0.4) is 0 Å². The fraction of sp³-hybridized carbons (Fsp3) is 0.867. The van der Waals surface area contributed by atoms with E-state index in [2.05, 4.69) is 44.7 Å². The van der Waals surface area contributed by atoms with Crippen LogP contribution in [-0.4, -0.2) is 37.1 Å². The molecular weight excluding hydrogens is 208 g/mol. The Morgan fingerprint density at radius 1 is 1.24 bits per heavy atom. The normalized spacial score (nSPS) is 22.2.